The molecule has 1 fully saturated rings. The Morgan fingerprint density at radius 1 is 1.00 bits per heavy atom. The molecular weight excluding hydrogens is 354 g/mol. The normalized spacial score (nSPS) is 19.3. The maximum atomic E-state index is 11.9. The minimum Gasteiger partial charge on any atom is -0.245 e. The van der Waals surface area contributed by atoms with E-state index in [2.05, 4.69) is 17.1 Å². The lowest BCUT2D eigenvalue weighted by Gasteiger charge is -2.39. The van der Waals surface area contributed by atoms with Crippen molar-refractivity contribution in [3.05, 3.63) is 58.7 Å². The molecule has 0 unspecified atom stereocenters. The van der Waals surface area contributed by atoms with Gasteiger partial charge in [0, 0.05) is 17.5 Å². The number of benzene rings is 1. The molecule has 0 amide bonds. The van der Waals surface area contributed by atoms with E-state index in [9.17, 15) is 8.42 Å². The molecule has 0 bridgehead atoms. The van der Waals surface area contributed by atoms with Gasteiger partial charge in [0.1, 0.15) is 0 Å². The summed E-state index contributed by atoms with van der Waals surface area (Å²) in [4.78, 5) is 4.03. The van der Waals surface area contributed by atoms with Crippen LogP contribution in [0.5, 0.6) is 0 Å². The van der Waals surface area contributed by atoms with Gasteiger partial charge in [-0.05, 0) is 77.6 Å². The molecule has 0 saturated heterocycles. The fourth-order valence-corrected chi connectivity index (χ4v) is 4.78. The largest absolute Gasteiger partial charge is 0.245 e. The van der Waals surface area contributed by atoms with Crippen LogP contribution in [0.25, 0.3) is 11.1 Å². The minimum absolute atomic E-state index is 0.141. The fourth-order valence-electron chi connectivity index (χ4n) is 4.06. The summed E-state index contributed by atoms with van der Waals surface area (Å²) < 4.78 is 23.8. The number of nitrogens with zero attached hydrogens (tertiary/aromatic N) is 1. The van der Waals surface area contributed by atoms with E-state index in [1.165, 1.54) is 42.2 Å². The van der Waals surface area contributed by atoms with Gasteiger partial charge in [0.2, 0.25) is 0 Å². The molecule has 1 saturated carbocycles. The Kier molecular flexibility index (Phi) is 4.00. The summed E-state index contributed by atoms with van der Waals surface area (Å²) in [5.74, 6) is 0. The van der Waals surface area contributed by atoms with Crippen molar-refractivity contribution in [2.24, 2.45) is 5.41 Å². The lowest BCUT2D eigenvalue weighted by molar-refractivity contribution is 0.157. The van der Waals surface area contributed by atoms with E-state index >= 15 is 0 Å². The average molecular weight is 374 g/mol. The lowest BCUT2D eigenvalue weighted by atomic mass is 9.66. The van der Waals surface area contributed by atoms with Crippen LogP contribution < -0.4 is 0 Å². The van der Waals surface area contributed by atoms with Crippen molar-refractivity contribution < 1.29 is 8.42 Å². The molecule has 1 aromatic carbocycles. The van der Waals surface area contributed by atoms with Gasteiger partial charge < -0.3 is 0 Å². The predicted octanol–water partition coefficient (Wildman–Crippen LogP) is 5.01. The molecule has 130 valence electrons. The molecule has 0 N–H and O–H groups in total. The Morgan fingerprint density at radius 3 is 2.20 bits per heavy atom. The number of halogens is 1. The quantitative estimate of drug-likeness (QED) is 0.759. The molecule has 2 aliphatic carbocycles. The molecular formula is C20H20ClNO2S. The molecule has 1 heterocycles. The molecule has 5 heteroatoms. The van der Waals surface area contributed by atoms with Crippen LogP contribution in [0.4, 0.5) is 0 Å². The molecule has 0 aliphatic heterocycles. The van der Waals surface area contributed by atoms with Crippen LogP contribution in [0.2, 0.25) is 5.02 Å². The van der Waals surface area contributed by atoms with Crippen LogP contribution in [0.3, 0.4) is 0 Å². The molecule has 0 atom stereocenters. The van der Waals surface area contributed by atoms with Gasteiger partial charge in [-0.2, -0.15) is 0 Å². The second kappa shape index (κ2) is 5.96. The zero-order valence-electron chi connectivity index (χ0n) is 14.1. The number of hydrogen-bond acceptors (Lipinski definition) is 3. The van der Waals surface area contributed by atoms with Crippen LogP contribution in [0.15, 0.2) is 47.6 Å². The van der Waals surface area contributed by atoms with Gasteiger partial charge in [-0.3, -0.25) is 0 Å². The lowest BCUT2D eigenvalue weighted by Crippen LogP contribution is -2.26. The summed E-state index contributed by atoms with van der Waals surface area (Å²) >= 11 is 6.05. The van der Waals surface area contributed by atoms with Crippen molar-refractivity contribution in [2.75, 3.05) is 6.26 Å². The third-order valence-electron chi connectivity index (χ3n) is 5.54. The van der Waals surface area contributed by atoms with Crippen molar-refractivity contribution in [2.45, 2.75) is 37.1 Å². The molecule has 2 aliphatic rings. The SMILES string of the molecule is CS(=O)(=O)c1cc(C2=C(c3ccc(Cl)cc3)CC3(CCC3)C2)ccn1. The maximum Gasteiger partial charge on any atom is 0.192 e. The standard InChI is InChI=1S/C20H20ClNO2S/c1-25(23,24)19-11-15(7-10-22-19)18-13-20(8-2-9-20)12-17(18)14-3-5-16(21)6-4-14/h3-7,10-11H,2,8-9,12-13H2,1H3. The van der Waals surface area contributed by atoms with Crippen molar-refractivity contribution >= 4 is 32.6 Å². The van der Waals surface area contributed by atoms with E-state index in [0.717, 1.165) is 23.4 Å². The average Bonchev–Trinajstić information content (AvgIpc) is 2.96. The monoisotopic (exact) mass is 373 g/mol. The van der Waals surface area contributed by atoms with E-state index in [0.29, 0.717) is 5.41 Å². The van der Waals surface area contributed by atoms with E-state index in [1.54, 1.807) is 12.3 Å². The highest BCUT2D eigenvalue weighted by atomic mass is 35.5. The van der Waals surface area contributed by atoms with Crippen LogP contribution >= 0.6 is 11.6 Å². The van der Waals surface area contributed by atoms with Gasteiger partial charge in [-0.15, -0.1) is 0 Å². The fraction of sp³-hybridized carbons (Fsp3) is 0.350. The van der Waals surface area contributed by atoms with Gasteiger partial charge in [-0.1, -0.05) is 30.2 Å². The number of hydrogen-bond donors (Lipinski definition) is 0. The molecule has 2 aromatic rings. The maximum absolute atomic E-state index is 11.9. The summed E-state index contributed by atoms with van der Waals surface area (Å²) in [6, 6.07) is 11.6. The first-order valence-corrected chi connectivity index (χ1v) is 10.8. The summed E-state index contributed by atoms with van der Waals surface area (Å²) in [6.07, 6.45) is 8.65. The number of allylic oxidation sites excluding steroid dienone is 2. The van der Waals surface area contributed by atoms with Crippen LogP contribution in [-0.4, -0.2) is 19.7 Å². The van der Waals surface area contributed by atoms with E-state index in [4.69, 9.17) is 11.6 Å². The van der Waals surface area contributed by atoms with Crippen molar-refractivity contribution in [3.63, 3.8) is 0 Å². The minimum atomic E-state index is -3.31. The van der Waals surface area contributed by atoms with Crippen molar-refractivity contribution in [1.29, 1.82) is 0 Å². The Balaban J connectivity index is 1.83. The predicted molar refractivity (Wildman–Crippen MR) is 101 cm³/mol. The topological polar surface area (TPSA) is 47.0 Å². The third-order valence-corrected chi connectivity index (χ3v) is 6.77. The zero-order valence-corrected chi connectivity index (χ0v) is 15.7. The first-order valence-electron chi connectivity index (χ1n) is 8.51. The van der Waals surface area contributed by atoms with Crippen molar-refractivity contribution in [3.8, 4) is 0 Å². The first kappa shape index (κ1) is 16.8. The summed E-state index contributed by atoms with van der Waals surface area (Å²) in [5.41, 5.74) is 5.10. The molecule has 3 nitrogen and oxygen atoms in total. The van der Waals surface area contributed by atoms with Crippen LogP contribution in [0.1, 0.15) is 43.2 Å². The Labute approximate surface area is 153 Å². The molecule has 25 heavy (non-hydrogen) atoms. The number of sulfone groups is 1. The second-order valence-electron chi connectivity index (χ2n) is 7.33. The van der Waals surface area contributed by atoms with Gasteiger partial charge >= 0.3 is 0 Å². The summed E-state index contributed by atoms with van der Waals surface area (Å²) in [6.45, 7) is 0. The third kappa shape index (κ3) is 3.13. The number of rotatable bonds is 3. The highest BCUT2D eigenvalue weighted by Crippen LogP contribution is 2.59. The highest BCUT2D eigenvalue weighted by molar-refractivity contribution is 7.90. The first-order chi connectivity index (χ1) is 11.9. The van der Waals surface area contributed by atoms with Crippen LogP contribution in [0, 0.1) is 5.41 Å². The molecule has 4 rings (SSSR count). The second-order valence-corrected chi connectivity index (χ2v) is 9.73. The number of aromatic nitrogens is 1. The van der Waals surface area contributed by atoms with Gasteiger partial charge in [-0.25, -0.2) is 13.4 Å². The van der Waals surface area contributed by atoms with Gasteiger partial charge in [0.05, 0.1) is 0 Å². The Morgan fingerprint density at radius 2 is 1.64 bits per heavy atom. The van der Waals surface area contributed by atoms with Gasteiger partial charge in [0.15, 0.2) is 14.9 Å². The van der Waals surface area contributed by atoms with Crippen LogP contribution in [-0.2, 0) is 9.84 Å². The van der Waals surface area contributed by atoms with E-state index in [1.807, 2.05) is 18.2 Å². The van der Waals surface area contributed by atoms with Gasteiger partial charge in [0.25, 0.3) is 0 Å². The Bertz CT molecular complexity index is 957. The Hall–Kier alpha value is -1.65. The molecule has 1 spiro atoms. The summed E-state index contributed by atoms with van der Waals surface area (Å²) in [5, 5.41) is 0.869. The zero-order chi connectivity index (χ0) is 17.7. The smallest absolute Gasteiger partial charge is 0.192 e. The molecule has 0 radical (unpaired) electrons. The summed E-state index contributed by atoms with van der Waals surface area (Å²) in [7, 11) is -3.31. The highest BCUT2D eigenvalue weighted by Gasteiger charge is 2.43. The molecule has 1 aromatic heterocycles. The van der Waals surface area contributed by atoms with E-state index < -0.39 is 9.84 Å². The number of pyridine rings is 1. The van der Waals surface area contributed by atoms with Crippen molar-refractivity contribution in [1.82, 2.24) is 4.98 Å². The van der Waals surface area contributed by atoms with E-state index in [-0.39, 0.29) is 5.03 Å².